The lowest BCUT2D eigenvalue weighted by molar-refractivity contribution is -0.123. The second-order valence-electron chi connectivity index (χ2n) is 6.40. The molecule has 8 heteroatoms. The van der Waals surface area contributed by atoms with Crippen molar-refractivity contribution in [1.82, 2.24) is 10.2 Å². The summed E-state index contributed by atoms with van der Waals surface area (Å²) in [6, 6.07) is 5.13. The van der Waals surface area contributed by atoms with E-state index >= 15 is 0 Å². The lowest BCUT2D eigenvalue weighted by atomic mass is 9.97. The second kappa shape index (κ2) is 10.6. The molecule has 1 fully saturated rings. The summed E-state index contributed by atoms with van der Waals surface area (Å²) >= 11 is 11.9. The Morgan fingerprint density at radius 1 is 1.35 bits per heavy atom. The molecule has 2 amide bonds. The number of halogens is 2. The van der Waals surface area contributed by atoms with Crippen molar-refractivity contribution in [3.8, 4) is 5.75 Å². The van der Waals surface area contributed by atoms with E-state index in [1.807, 2.05) is 0 Å². The van der Waals surface area contributed by atoms with Crippen LogP contribution in [0, 0.1) is 5.92 Å². The van der Waals surface area contributed by atoms with Gasteiger partial charge in [-0.05, 0) is 44.5 Å². The van der Waals surface area contributed by atoms with Crippen molar-refractivity contribution in [2.75, 3.05) is 32.8 Å². The summed E-state index contributed by atoms with van der Waals surface area (Å²) in [5, 5.41) is 3.65. The lowest BCUT2D eigenvalue weighted by Crippen LogP contribution is -2.42. The summed E-state index contributed by atoms with van der Waals surface area (Å²) in [4.78, 5) is 25.4. The van der Waals surface area contributed by atoms with Gasteiger partial charge in [-0.1, -0.05) is 29.3 Å². The maximum Gasteiger partial charge on any atom is 0.223 e. The van der Waals surface area contributed by atoms with E-state index in [0.717, 1.165) is 38.9 Å². The van der Waals surface area contributed by atoms with Gasteiger partial charge < -0.3 is 20.7 Å². The van der Waals surface area contributed by atoms with Gasteiger partial charge in [-0.25, -0.2) is 0 Å². The van der Waals surface area contributed by atoms with E-state index in [1.54, 1.807) is 18.2 Å². The van der Waals surface area contributed by atoms with Gasteiger partial charge >= 0.3 is 0 Å². The monoisotopic (exact) mass is 401 g/mol. The Morgan fingerprint density at radius 3 is 2.92 bits per heavy atom. The van der Waals surface area contributed by atoms with Gasteiger partial charge in [0.25, 0.3) is 0 Å². The first-order valence-electron chi connectivity index (χ1n) is 8.82. The molecule has 1 aliphatic heterocycles. The van der Waals surface area contributed by atoms with Gasteiger partial charge in [-0.2, -0.15) is 0 Å². The van der Waals surface area contributed by atoms with E-state index < -0.39 is 0 Å². The number of benzene rings is 1. The van der Waals surface area contributed by atoms with Gasteiger partial charge in [0, 0.05) is 13.1 Å². The fourth-order valence-corrected chi connectivity index (χ4v) is 3.31. The molecule has 0 saturated carbocycles. The second-order valence-corrected chi connectivity index (χ2v) is 7.18. The van der Waals surface area contributed by atoms with Crippen LogP contribution in [0.2, 0.25) is 10.0 Å². The number of carbonyl (C=O) groups is 2. The largest absolute Gasteiger partial charge is 0.491 e. The summed E-state index contributed by atoms with van der Waals surface area (Å²) in [5.74, 6) is 0.134. The Kier molecular flexibility index (Phi) is 8.48. The molecule has 0 aromatic heterocycles. The number of hydrogen-bond donors (Lipinski definition) is 2. The summed E-state index contributed by atoms with van der Waals surface area (Å²) < 4.78 is 5.49. The van der Waals surface area contributed by atoms with Crippen molar-refractivity contribution < 1.29 is 14.3 Å². The summed E-state index contributed by atoms with van der Waals surface area (Å²) in [6.45, 7) is 3.37. The zero-order valence-electron chi connectivity index (χ0n) is 14.7. The Morgan fingerprint density at radius 2 is 2.15 bits per heavy atom. The van der Waals surface area contributed by atoms with Crippen molar-refractivity contribution in [3.63, 3.8) is 0 Å². The predicted molar refractivity (Wildman–Crippen MR) is 103 cm³/mol. The van der Waals surface area contributed by atoms with Crippen LogP contribution in [0.1, 0.15) is 25.7 Å². The lowest BCUT2D eigenvalue weighted by Gasteiger charge is -2.31. The molecule has 1 atom stereocenters. The molecule has 1 aliphatic rings. The van der Waals surface area contributed by atoms with Crippen LogP contribution in [-0.2, 0) is 9.59 Å². The van der Waals surface area contributed by atoms with Gasteiger partial charge in [-0.15, -0.1) is 0 Å². The molecule has 144 valence electrons. The number of rotatable bonds is 9. The van der Waals surface area contributed by atoms with Gasteiger partial charge in [-0.3, -0.25) is 9.59 Å². The molecule has 0 radical (unpaired) electrons. The third-order valence-corrected chi connectivity index (χ3v) is 5.19. The van der Waals surface area contributed by atoms with E-state index in [0.29, 0.717) is 22.3 Å². The Bertz CT molecular complexity index is 628. The first kappa shape index (κ1) is 20.8. The molecule has 1 unspecified atom stereocenters. The molecule has 3 N–H and O–H groups in total. The first-order chi connectivity index (χ1) is 12.5. The first-order valence-corrected chi connectivity index (χ1v) is 9.58. The normalized spacial score (nSPS) is 17.7. The van der Waals surface area contributed by atoms with E-state index in [9.17, 15) is 9.59 Å². The quantitative estimate of drug-likeness (QED) is 0.622. The average Bonchev–Trinajstić information content (AvgIpc) is 2.62. The number of carbonyl (C=O) groups excluding carboxylic acids is 2. The van der Waals surface area contributed by atoms with Crippen LogP contribution in [0.25, 0.3) is 0 Å². The minimum Gasteiger partial charge on any atom is -0.491 e. The minimum atomic E-state index is -0.220. The van der Waals surface area contributed by atoms with Crippen LogP contribution in [0.4, 0.5) is 0 Å². The number of ether oxygens (including phenoxy) is 1. The van der Waals surface area contributed by atoms with Gasteiger partial charge in [0.2, 0.25) is 11.8 Å². The number of nitrogens with zero attached hydrogens (tertiary/aromatic N) is 1. The van der Waals surface area contributed by atoms with E-state index in [-0.39, 0.29) is 30.8 Å². The van der Waals surface area contributed by atoms with E-state index in [2.05, 4.69) is 10.2 Å². The SMILES string of the molecule is NC(=O)C1CCCN(CCCNC(=O)CCOc2cccc(Cl)c2Cl)C1. The van der Waals surface area contributed by atoms with Gasteiger partial charge in [0.1, 0.15) is 10.8 Å². The summed E-state index contributed by atoms with van der Waals surface area (Å²) in [7, 11) is 0. The maximum atomic E-state index is 11.9. The molecule has 1 aromatic rings. The van der Waals surface area contributed by atoms with E-state index in [1.165, 1.54) is 0 Å². The molecule has 0 aliphatic carbocycles. The van der Waals surface area contributed by atoms with Gasteiger partial charge in [0.15, 0.2) is 0 Å². The smallest absolute Gasteiger partial charge is 0.223 e. The molecule has 1 aromatic carbocycles. The number of likely N-dealkylation sites (tertiary alicyclic amines) is 1. The van der Waals surface area contributed by atoms with Crippen molar-refractivity contribution in [3.05, 3.63) is 28.2 Å². The van der Waals surface area contributed by atoms with Crippen LogP contribution in [0.3, 0.4) is 0 Å². The minimum absolute atomic E-state index is 0.0474. The topological polar surface area (TPSA) is 84.7 Å². The highest BCUT2D eigenvalue weighted by Gasteiger charge is 2.23. The number of piperidine rings is 1. The van der Waals surface area contributed by atoms with Crippen LogP contribution in [0.15, 0.2) is 18.2 Å². The average molecular weight is 402 g/mol. The Hall–Kier alpha value is -1.50. The highest BCUT2D eigenvalue weighted by Crippen LogP contribution is 2.31. The zero-order valence-corrected chi connectivity index (χ0v) is 16.2. The molecule has 1 saturated heterocycles. The highest BCUT2D eigenvalue weighted by atomic mass is 35.5. The van der Waals surface area contributed by atoms with Gasteiger partial charge in [0.05, 0.1) is 24.0 Å². The molecule has 26 heavy (non-hydrogen) atoms. The van der Waals surface area contributed by atoms with Crippen LogP contribution < -0.4 is 15.8 Å². The van der Waals surface area contributed by atoms with Crippen molar-refractivity contribution in [1.29, 1.82) is 0 Å². The van der Waals surface area contributed by atoms with Crippen LogP contribution in [0.5, 0.6) is 5.75 Å². The zero-order chi connectivity index (χ0) is 18.9. The standard InChI is InChI=1S/C18H25Cl2N3O3/c19-14-5-1-6-15(17(14)20)26-11-7-16(24)22-8-3-10-23-9-2-4-13(12-23)18(21)25/h1,5-6,13H,2-4,7-12H2,(H2,21,25)(H,22,24). The molecule has 2 rings (SSSR count). The summed E-state index contributed by atoms with van der Waals surface area (Å²) in [6.07, 6.45) is 2.94. The van der Waals surface area contributed by atoms with Crippen molar-refractivity contribution >= 4 is 35.0 Å². The molecule has 6 nitrogen and oxygen atoms in total. The fourth-order valence-electron chi connectivity index (χ4n) is 2.96. The third-order valence-electron chi connectivity index (χ3n) is 4.38. The number of primary amides is 1. The van der Waals surface area contributed by atoms with Crippen LogP contribution >= 0.6 is 23.2 Å². The Balaban J connectivity index is 1.58. The number of hydrogen-bond acceptors (Lipinski definition) is 4. The molecular formula is C18H25Cl2N3O3. The maximum absolute atomic E-state index is 11.9. The highest BCUT2D eigenvalue weighted by molar-refractivity contribution is 6.42. The van der Waals surface area contributed by atoms with E-state index in [4.69, 9.17) is 33.7 Å². The molecule has 1 heterocycles. The number of nitrogens with two attached hydrogens (primary N) is 1. The Labute approximate surface area is 163 Å². The summed E-state index contributed by atoms with van der Waals surface area (Å²) in [5.41, 5.74) is 5.38. The number of nitrogens with one attached hydrogen (secondary N) is 1. The fraction of sp³-hybridized carbons (Fsp3) is 0.556. The van der Waals surface area contributed by atoms with Crippen molar-refractivity contribution in [2.24, 2.45) is 11.7 Å². The number of amides is 2. The molecule has 0 bridgehead atoms. The molecular weight excluding hydrogens is 377 g/mol. The third kappa shape index (κ3) is 6.67. The van der Waals surface area contributed by atoms with Crippen molar-refractivity contribution in [2.45, 2.75) is 25.7 Å². The predicted octanol–water partition coefficient (Wildman–Crippen LogP) is 2.47. The molecule has 0 spiro atoms. The van der Waals surface area contributed by atoms with Crippen LogP contribution in [-0.4, -0.2) is 49.5 Å².